The average molecular weight is 362 g/mol. The Kier molecular flexibility index (Phi) is 5.33. The highest BCUT2D eigenvalue weighted by Crippen LogP contribution is 2.32. The monoisotopic (exact) mass is 362 g/mol. The zero-order valence-corrected chi connectivity index (χ0v) is 15.7. The molecule has 1 fully saturated rings. The maximum Gasteiger partial charge on any atom is 0.254 e. The second-order valence-electron chi connectivity index (χ2n) is 7.65. The lowest BCUT2D eigenvalue weighted by molar-refractivity contribution is 0.0680. The van der Waals surface area contributed by atoms with Crippen LogP contribution in [0.5, 0.6) is 0 Å². The predicted molar refractivity (Wildman–Crippen MR) is 105 cm³/mol. The van der Waals surface area contributed by atoms with Crippen molar-refractivity contribution in [2.24, 2.45) is 0 Å². The first-order chi connectivity index (χ1) is 13.2. The zero-order chi connectivity index (χ0) is 18.6. The molecule has 1 aromatic carbocycles. The predicted octanol–water partition coefficient (Wildman–Crippen LogP) is 4.75. The molecule has 2 heterocycles. The van der Waals surface area contributed by atoms with Crippen molar-refractivity contribution in [3.8, 4) is 0 Å². The molecule has 2 aliphatic rings. The quantitative estimate of drug-likeness (QED) is 0.725. The van der Waals surface area contributed by atoms with Crippen LogP contribution in [0.3, 0.4) is 0 Å². The molecule has 0 spiro atoms. The van der Waals surface area contributed by atoms with E-state index < -0.39 is 0 Å². The molecule has 0 radical (unpaired) electrons. The van der Waals surface area contributed by atoms with Gasteiger partial charge in [-0.15, -0.1) is 0 Å². The van der Waals surface area contributed by atoms with E-state index in [1.165, 1.54) is 0 Å². The summed E-state index contributed by atoms with van der Waals surface area (Å²) in [5.41, 5.74) is 3.72. The third kappa shape index (κ3) is 3.80. The highest BCUT2D eigenvalue weighted by Gasteiger charge is 2.28. The van der Waals surface area contributed by atoms with Crippen LogP contribution in [0.2, 0.25) is 0 Å². The Morgan fingerprint density at radius 1 is 0.963 bits per heavy atom. The first-order valence-electron chi connectivity index (χ1n) is 10.1. The minimum atomic E-state index is 0.0817. The largest absolute Gasteiger partial charge is 0.332 e. The van der Waals surface area contributed by atoms with Gasteiger partial charge in [0.15, 0.2) is 5.78 Å². The number of pyridine rings is 1. The van der Waals surface area contributed by atoms with Crippen LogP contribution in [-0.4, -0.2) is 28.1 Å². The van der Waals surface area contributed by atoms with Crippen LogP contribution in [0.25, 0.3) is 0 Å². The van der Waals surface area contributed by atoms with Crippen LogP contribution in [0.15, 0.2) is 42.7 Å². The molecule has 4 rings (SSSR count). The topological polar surface area (TPSA) is 50.3 Å². The number of Topliss-reactive ketones (excluding diaryl/α,β-unsaturated/α-hetero) is 1. The van der Waals surface area contributed by atoms with Gasteiger partial charge in [-0.2, -0.15) is 0 Å². The molecule has 1 atom stereocenters. The van der Waals surface area contributed by atoms with Crippen LogP contribution in [-0.2, 0) is 6.42 Å². The number of likely N-dealkylation sites (tertiary alicyclic amines) is 1. The van der Waals surface area contributed by atoms with E-state index in [-0.39, 0.29) is 17.7 Å². The number of carbonyl (C=O) groups excluding carboxylic acids is 2. The summed E-state index contributed by atoms with van der Waals surface area (Å²) in [4.78, 5) is 31.8. The Morgan fingerprint density at radius 2 is 1.78 bits per heavy atom. The van der Waals surface area contributed by atoms with E-state index >= 15 is 0 Å². The number of benzene rings is 1. The molecule has 1 unspecified atom stereocenters. The minimum absolute atomic E-state index is 0.0817. The van der Waals surface area contributed by atoms with Gasteiger partial charge in [-0.1, -0.05) is 18.9 Å². The summed E-state index contributed by atoms with van der Waals surface area (Å²) in [7, 11) is 0. The van der Waals surface area contributed by atoms with Gasteiger partial charge < -0.3 is 4.90 Å². The van der Waals surface area contributed by atoms with Gasteiger partial charge in [-0.3, -0.25) is 14.6 Å². The van der Waals surface area contributed by atoms with Gasteiger partial charge in [0.2, 0.25) is 0 Å². The van der Waals surface area contributed by atoms with E-state index in [0.717, 1.165) is 68.2 Å². The summed E-state index contributed by atoms with van der Waals surface area (Å²) >= 11 is 0. The molecule has 4 nitrogen and oxygen atoms in total. The molecule has 0 bridgehead atoms. The number of carbonyl (C=O) groups is 2. The lowest BCUT2D eigenvalue weighted by Gasteiger charge is -2.30. The van der Waals surface area contributed by atoms with Crippen LogP contribution < -0.4 is 0 Å². The van der Waals surface area contributed by atoms with E-state index in [9.17, 15) is 9.59 Å². The second-order valence-corrected chi connectivity index (χ2v) is 7.65. The highest BCUT2D eigenvalue weighted by molar-refractivity contribution is 6.00. The van der Waals surface area contributed by atoms with Gasteiger partial charge in [0.25, 0.3) is 5.91 Å². The van der Waals surface area contributed by atoms with Crippen molar-refractivity contribution in [1.82, 2.24) is 9.88 Å². The normalized spacial score (nSPS) is 20.5. The molecule has 1 aliphatic carbocycles. The van der Waals surface area contributed by atoms with Crippen molar-refractivity contribution in [1.29, 1.82) is 0 Å². The maximum absolute atomic E-state index is 13.4. The fourth-order valence-corrected chi connectivity index (χ4v) is 4.39. The van der Waals surface area contributed by atoms with E-state index in [1.54, 1.807) is 12.4 Å². The number of hydrogen-bond acceptors (Lipinski definition) is 3. The van der Waals surface area contributed by atoms with Crippen molar-refractivity contribution >= 4 is 11.7 Å². The standard InChI is InChI=1S/C23H26N2O2/c26-22-8-4-3-6-18-16-19(9-10-20(18)22)23(27)25-15-5-1-2-7-21(25)17-11-13-24-14-12-17/h9-14,16,21H,1-8,15H2. The zero-order valence-electron chi connectivity index (χ0n) is 15.7. The van der Waals surface area contributed by atoms with Gasteiger partial charge in [0.1, 0.15) is 0 Å². The van der Waals surface area contributed by atoms with Gasteiger partial charge in [-0.25, -0.2) is 0 Å². The molecular weight excluding hydrogens is 336 g/mol. The number of rotatable bonds is 2. The summed E-state index contributed by atoms with van der Waals surface area (Å²) in [6.45, 7) is 0.780. The fraction of sp³-hybridized carbons (Fsp3) is 0.435. The number of amides is 1. The molecule has 1 aliphatic heterocycles. The summed E-state index contributed by atoms with van der Waals surface area (Å²) in [6.07, 6.45) is 11.4. The van der Waals surface area contributed by atoms with E-state index in [2.05, 4.69) is 4.98 Å². The lowest BCUT2D eigenvalue weighted by atomic mass is 9.97. The third-order valence-corrected chi connectivity index (χ3v) is 5.86. The first-order valence-corrected chi connectivity index (χ1v) is 10.1. The van der Waals surface area contributed by atoms with Crippen molar-refractivity contribution in [2.45, 2.75) is 57.4 Å². The number of fused-ring (bicyclic) bond motifs is 1. The molecule has 0 saturated carbocycles. The van der Waals surface area contributed by atoms with Crippen molar-refractivity contribution < 1.29 is 9.59 Å². The van der Waals surface area contributed by atoms with Crippen LogP contribution in [0.1, 0.15) is 82.8 Å². The summed E-state index contributed by atoms with van der Waals surface area (Å²) < 4.78 is 0. The summed E-state index contributed by atoms with van der Waals surface area (Å²) in [6, 6.07) is 9.82. The Hall–Kier alpha value is -2.49. The number of ketones is 1. The molecule has 1 amide bonds. The van der Waals surface area contributed by atoms with Gasteiger partial charge >= 0.3 is 0 Å². The van der Waals surface area contributed by atoms with Crippen LogP contribution in [0, 0.1) is 0 Å². The average Bonchev–Trinajstić information content (AvgIpc) is 3.06. The van der Waals surface area contributed by atoms with Crippen LogP contribution in [0.4, 0.5) is 0 Å². The highest BCUT2D eigenvalue weighted by atomic mass is 16.2. The number of nitrogens with zero attached hydrogens (tertiary/aromatic N) is 2. The number of aromatic nitrogens is 1. The number of hydrogen-bond donors (Lipinski definition) is 0. The molecule has 27 heavy (non-hydrogen) atoms. The lowest BCUT2D eigenvalue weighted by Crippen LogP contribution is -2.35. The Balaban J connectivity index is 1.65. The smallest absolute Gasteiger partial charge is 0.254 e. The van der Waals surface area contributed by atoms with Crippen molar-refractivity contribution in [3.63, 3.8) is 0 Å². The molecule has 0 N–H and O–H groups in total. The van der Waals surface area contributed by atoms with Crippen molar-refractivity contribution in [2.75, 3.05) is 6.54 Å². The van der Waals surface area contributed by atoms with E-state index in [1.807, 2.05) is 35.2 Å². The second kappa shape index (κ2) is 8.03. The van der Waals surface area contributed by atoms with E-state index in [0.29, 0.717) is 12.0 Å². The van der Waals surface area contributed by atoms with E-state index in [4.69, 9.17) is 0 Å². The minimum Gasteiger partial charge on any atom is -0.332 e. The summed E-state index contributed by atoms with van der Waals surface area (Å²) in [5.74, 6) is 0.296. The molecule has 1 aromatic heterocycles. The fourth-order valence-electron chi connectivity index (χ4n) is 4.39. The van der Waals surface area contributed by atoms with Gasteiger partial charge in [0.05, 0.1) is 6.04 Å². The molecule has 140 valence electrons. The Bertz CT molecular complexity index is 832. The third-order valence-electron chi connectivity index (χ3n) is 5.86. The molecule has 2 aromatic rings. The maximum atomic E-state index is 13.4. The van der Waals surface area contributed by atoms with Gasteiger partial charge in [0, 0.05) is 36.5 Å². The van der Waals surface area contributed by atoms with Gasteiger partial charge in [-0.05, 0) is 67.5 Å². The van der Waals surface area contributed by atoms with Crippen LogP contribution >= 0.6 is 0 Å². The Labute approximate surface area is 160 Å². The first kappa shape index (κ1) is 17.9. The molecule has 1 saturated heterocycles. The SMILES string of the molecule is O=C1CCCCc2cc(C(=O)N3CCCCCC3c3ccncc3)ccc21. The summed E-state index contributed by atoms with van der Waals surface area (Å²) in [5, 5.41) is 0. The molecule has 4 heteroatoms. The number of aryl methyl sites for hydroxylation is 1. The molecular formula is C23H26N2O2. The van der Waals surface area contributed by atoms with Crippen molar-refractivity contribution in [3.05, 3.63) is 65.0 Å². The Morgan fingerprint density at radius 3 is 2.63 bits per heavy atom.